The molecule has 0 amide bonds. The molecular formula is C24H32N4O6S. The number of hydrogen-bond donors (Lipinski definition) is 1. The van der Waals surface area contributed by atoms with Crippen molar-refractivity contribution in [2.75, 3.05) is 64.7 Å². The first-order valence-electron chi connectivity index (χ1n) is 11.1. The molecule has 1 atom stereocenters. The van der Waals surface area contributed by atoms with E-state index in [9.17, 15) is 9.59 Å². The van der Waals surface area contributed by atoms with Gasteiger partial charge in [-0.15, -0.1) is 0 Å². The summed E-state index contributed by atoms with van der Waals surface area (Å²) < 4.78 is 21.2. The van der Waals surface area contributed by atoms with Gasteiger partial charge >= 0.3 is 5.97 Å². The monoisotopic (exact) mass is 504 g/mol. The molecule has 2 aromatic rings. The Morgan fingerprint density at radius 3 is 2.29 bits per heavy atom. The standard InChI is InChI=1S/C24H32N4O6S/c1-7-19-18(23(29)34-5)13-20(22(25-19)33-4)26-28-9-8-27(14-21(28)24(30)35-6)15-10-16(31-2)12-17(11-15)32-3/h10-13,21,26H,7-9,14H2,1-6H3. The van der Waals surface area contributed by atoms with Gasteiger partial charge in [0.05, 0.1) is 39.7 Å². The van der Waals surface area contributed by atoms with Crippen molar-refractivity contribution in [3.8, 4) is 17.4 Å². The van der Waals surface area contributed by atoms with Crippen molar-refractivity contribution in [2.45, 2.75) is 19.4 Å². The van der Waals surface area contributed by atoms with Crippen LogP contribution < -0.4 is 24.5 Å². The zero-order valence-corrected chi connectivity index (χ0v) is 21.7. The molecule has 2 heterocycles. The van der Waals surface area contributed by atoms with Crippen molar-refractivity contribution in [2.24, 2.45) is 0 Å². The van der Waals surface area contributed by atoms with E-state index >= 15 is 0 Å². The molecule has 1 aromatic carbocycles. The molecule has 0 bridgehead atoms. The molecule has 1 aliphatic rings. The molecule has 0 spiro atoms. The van der Waals surface area contributed by atoms with Crippen molar-refractivity contribution >= 4 is 34.2 Å². The van der Waals surface area contributed by atoms with Crippen LogP contribution in [0.5, 0.6) is 17.4 Å². The third-order valence-electron chi connectivity index (χ3n) is 5.82. The molecule has 1 unspecified atom stereocenters. The molecule has 1 aromatic heterocycles. The Bertz CT molecular complexity index is 1040. The molecule has 3 rings (SSSR count). The van der Waals surface area contributed by atoms with Crippen molar-refractivity contribution < 1.29 is 28.5 Å². The summed E-state index contributed by atoms with van der Waals surface area (Å²) in [6, 6.07) is 6.84. The zero-order chi connectivity index (χ0) is 25.5. The number of pyridine rings is 1. The average Bonchev–Trinajstić information content (AvgIpc) is 2.91. The minimum absolute atomic E-state index is 0.00218. The molecule has 1 aliphatic heterocycles. The fraction of sp³-hybridized carbons (Fsp3) is 0.458. The van der Waals surface area contributed by atoms with E-state index in [-0.39, 0.29) is 5.12 Å². The van der Waals surface area contributed by atoms with Crippen LogP contribution in [0.25, 0.3) is 0 Å². The number of methoxy groups -OCH3 is 4. The molecule has 1 N–H and O–H groups in total. The van der Waals surface area contributed by atoms with E-state index in [1.54, 1.807) is 26.5 Å². The number of aryl methyl sites for hydroxylation is 1. The molecule has 11 heteroatoms. The maximum Gasteiger partial charge on any atom is 0.339 e. The number of piperazine rings is 1. The van der Waals surface area contributed by atoms with Crippen molar-refractivity contribution in [1.29, 1.82) is 0 Å². The van der Waals surface area contributed by atoms with Gasteiger partial charge in [-0.3, -0.25) is 4.79 Å². The summed E-state index contributed by atoms with van der Waals surface area (Å²) in [6.07, 6.45) is 2.30. The summed E-state index contributed by atoms with van der Waals surface area (Å²) in [6.45, 7) is 3.49. The molecule has 35 heavy (non-hydrogen) atoms. The van der Waals surface area contributed by atoms with Gasteiger partial charge in [0.2, 0.25) is 11.0 Å². The number of hydrazine groups is 1. The number of carbonyl (C=O) groups excluding carboxylic acids is 2. The largest absolute Gasteiger partial charge is 0.497 e. The van der Waals surface area contributed by atoms with Gasteiger partial charge in [0.15, 0.2) is 0 Å². The number of esters is 1. The lowest BCUT2D eigenvalue weighted by Gasteiger charge is -2.41. The lowest BCUT2D eigenvalue weighted by molar-refractivity contribution is -0.115. The van der Waals surface area contributed by atoms with Gasteiger partial charge in [-0.2, -0.15) is 0 Å². The van der Waals surface area contributed by atoms with E-state index in [4.69, 9.17) is 18.9 Å². The number of benzene rings is 1. The van der Waals surface area contributed by atoms with Gasteiger partial charge in [-0.05, 0) is 18.7 Å². The number of nitrogens with one attached hydrogen (secondary N) is 1. The van der Waals surface area contributed by atoms with Crippen molar-refractivity contribution in [1.82, 2.24) is 9.99 Å². The Morgan fingerprint density at radius 2 is 1.74 bits per heavy atom. The fourth-order valence-electron chi connectivity index (χ4n) is 3.94. The van der Waals surface area contributed by atoms with Crippen LogP contribution in [0.3, 0.4) is 0 Å². The van der Waals surface area contributed by atoms with E-state index in [1.807, 2.05) is 30.1 Å². The van der Waals surface area contributed by atoms with Crippen LogP contribution in [0.2, 0.25) is 0 Å². The highest BCUT2D eigenvalue weighted by Gasteiger charge is 2.33. The molecule has 1 saturated heterocycles. The summed E-state index contributed by atoms with van der Waals surface area (Å²) in [5, 5.41) is 1.86. The number of aromatic nitrogens is 1. The Labute approximate surface area is 209 Å². The molecule has 10 nitrogen and oxygen atoms in total. The van der Waals surface area contributed by atoms with Crippen LogP contribution in [0.1, 0.15) is 23.0 Å². The maximum atomic E-state index is 13.0. The maximum absolute atomic E-state index is 13.0. The number of hydrogen-bond acceptors (Lipinski definition) is 11. The quantitative estimate of drug-likeness (QED) is 0.510. The third kappa shape index (κ3) is 5.91. The predicted molar refractivity (Wildman–Crippen MR) is 136 cm³/mol. The lowest BCUT2D eigenvalue weighted by Crippen LogP contribution is -2.58. The second-order valence-corrected chi connectivity index (χ2v) is 8.56. The number of rotatable bonds is 9. The number of thioether (sulfide) groups is 1. The van der Waals surface area contributed by atoms with E-state index in [2.05, 4.69) is 15.3 Å². The molecule has 1 fully saturated rings. The summed E-state index contributed by atoms with van der Waals surface area (Å²) >= 11 is 1.17. The first kappa shape index (κ1) is 26.4. The highest BCUT2D eigenvalue weighted by Crippen LogP contribution is 2.32. The first-order valence-corrected chi connectivity index (χ1v) is 12.4. The van der Waals surface area contributed by atoms with Crippen molar-refractivity contribution in [3.63, 3.8) is 0 Å². The van der Waals surface area contributed by atoms with Gasteiger partial charge < -0.3 is 29.3 Å². The van der Waals surface area contributed by atoms with E-state index in [1.165, 1.54) is 26.0 Å². The van der Waals surface area contributed by atoms with Crippen LogP contribution in [0, 0.1) is 0 Å². The zero-order valence-electron chi connectivity index (χ0n) is 20.9. The van der Waals surface area contributed by atoms with Crippen LogP contribution in [-0.4, -0.2) is 81.4 Å². The van der Waals surface area contributed by atoms with Crippen LogP contribution in [0.15, 0.2) is 24.3 Å². The Morgan fingerprint density at radius 1 is 1.06 bits per heavy atom. The molecule has 0 aliphatic carbocycles. The molecule has 0 radical (unpaired) electrons. The van der Waals surface area contributed by atoms with Gasteiger partial charge in [0, 0.05) is 43.5 Å². The normalized spacial score (nSPS) is 15.9. The minimum atomic E-state index is -0.479. The first-order chi connectivity index (χ1) is 16.9. The van der Waals surface area contributed by atoms with Crippen LogP contribution >= 0.6 is 11.8 Å². The summed E-state index contributed by atoms with van der Waals surface area (Å²) in [5.74, 6) is 1.21. The van der Waals surface area contributed by atoms with E-state index in [0.29, 0.717) is 60.4 Å². The highest BCUT2D eigenvalue weighted by atomic mass is 32.2. The van der Waals surface area contributed by atoms with Crippen LogP contribution in [0.4, 0.5) is 11.4 Å². The topological polar surface area (TPSA) is 102 Å². The fourth-order valence-corrected chi connectivity index (χ4v) is 4.42. The van der Waals surface area contributed by atoms with Gasteiger partial charge in [0.25, 0.3) is 0 Å². The number of anilines is 2. The van der Waals surface area contributed by atoms with Gasteiger partial charge in [-0.25, -0.2) is 14.8 Å². The van der Waals surface area contributed by atoms with Crippen molar-refractivity contribution in [3.05, 3.63) is 35.5 Å². The highest BCUT2D eigenvalue weighted by molar-refractivity contribution is 8.13. The van der Waals surface area contributed by atoms with E-state index in [0.717, 1.165) is 5.69 Å². The summed E-state index contributed by atoms with van der Waals surface area (Å²) in [7, 11) is 6.06. The number of ether oxygens (including phenoxy) is 4. The second-order valence-electron chi connectivity index (χ2n) is 7.75. The van der Waals surface area contributed by atoms with Gasteiger partial charge in [-0.1, -0.05) is 18.7 Å². The second kappa shape index (κ2) is 12.0. The smallest absolute Gasteiger partial charge is 0.339 e. The summed E-state index contributed by atoms with van der Waals surface area (Å²) in [5.41, 5.74) is 5.60. The van der Waals surface area contributed by atoms with E-state index < -0.39 is 12.0 Å². The Hall–Kier alpha value is -3.18. The average molecular weight is 505 g/mol. The SMILES string of the molecule is CCc1nc(OC)c(NN2CCN(c3cc(OC)cc(OC)c3)CC2C(=O)SC)cc1C(=O)OC. The van der Waals surface area contributed by atoms with Crippen LogP contribution in [-0.2, 0) is 16.0 Å². The Kier molecular flexibility index (Phi) is 9.05. The Balaban J connectivity index is 1.91. The van der Waals surface area contributed by atoms with Gasteiger partial charge in [0.1, 0.15) is 23.2 Å². The molecular weight excluding hydrogens is 472 g/mol. The number of nitrogens with zero attached hydrogens (tertiary/aromatic N) is 3. The summed E-state index contributed by atoms with van der Waals surface area (Å²) in [4.78, 5) is 31.9. The molecule has 190 valence electrons. The number of carbonyl (C=O) groups is 2. The predicted octanol–water partition coefficient (Wildman–Crippen LogP) is 2.86. The third-order valence-corrected chi connectivity index (χ3v) is 6.49. The lowest BCUT2D eigenvalue weighted by atomic mass is 10.1. The molecule has 0 saturated carbocycles. The minimum Gasteiger partial charge on any atom is -0.497 e.